The van der Waals surface area contributed by atoms with Crippen molar-refractivity contribution in [2.75, 3.05) is 5.73 Å². The Bertz CT molecular complexity index is 460. The molecular formula is C9H11N5. The molecule has 0 bridgehead atoms. The maximum Gasteiger partial charge on any atom is 0.153 e. The van der Waals surface area contributed by atoms with Crippen molar-refractivity contribution in [3.05, 3.63) is 29.6 Å². The number of anilines is 1. The van der Waals surface area contributed by atoms with E-state index in [1.54, 1.807) is 4.68 Å². The smallest absolute Gasteiger partial charge is 0.153 e. The molecule has 5 nitrogen and oxygen atoms in total. The average molecular weight is 189 g/mol. The third-order valence-corrected chi connectivity index (χ3v) is 2.07. The lowest BCUT2D eigenvalue weighted by molar-refractivity contribution is 0.775. The molecular weight excluding hydrogens is 178 g/mol. The first-order valence-electron chi connectivity index (χ1n) is 4.30. The Labute approximate surface area is 81.5 Å². The van der Waals surface area contributed by atoms with Crippen molar-refractivity contribution in [1.29, 1.82) is 0 Å². The standard InChI is InChI=1S/C9H11N5/c1-6-5-8(10)3-4-9(6)14-7(2)11-12-13-14/h3-5H,10H2,1-2H3. The van der Waals surface area contributed by atoms with Crippen LogP contribution in [-0.2, 0) is 0 Å². The molecule has 0 radical (unpaired) electrons. The Morgan fingerprint density at radius 3 is 2.64 bits per heavy atom. The van der Waals surface area contributed by atoms with E-state index in [1.807, 2.05) is 32.0 Å². The number of hydrogen-bond acceptors (Lipinski definition) is 4. The molecule has 2 rings (SSSR count). The predicted octanol–water partition coefficient (Wildman–Crippen LogP) is 0.861. The van der Waals surface area contributed by atoms with Crippen molar-refractivity contribution in [2.24, 2.45) is 0 Å². The number of rotatable bonds is 1. The van der Waals surface area contributed by atoms with Crippen LogP contribution in [0.2, 0.25) is 0 Å². The molecule has 0 saturated carbocycles. The first-order chi connectivity index (χ1) is 6.68. The zero-order valence-corrected chi connectivity index (χ0v) is 8.10. The molecule has 0 fully saturated rings. The second-order valence-corrected chi connectivity index (χ2v) is 3.18. The predicted molar refractivity (Wildman–Crippen MR) is 53.0 cm³/mol. The Hall–Kier alpha value is -1.91. The van der Waals surface area contributed by atoms with Gasteiger partial charge in [-0.25, -0.2) is 0 Å². The summed E-state index contributed by atoms with van der Waals surface area (Å²) in [7, 11) is 0. The van der Waals surface area contributed by atoms with Crippen LogP contribution in [0.5, 0.6) is 0 Å². The van der Waals surface area contributed by atoms with Crippen molar-refractivity contribution >= 4 is 5.69 Å². The van der Waals surface area contributed by atoms with Crippen LogP contribution < -0.4 is 5.73 Å². The van der Waals surface area contributed by atoms with Crippen molar-refractivity contribution < 1.29 is 0 Å². The summed E-state index contributed by atoms with van der Waals surface area (Å²) in [4.78, 5) is 0. The third-order valence-electron chi connectivity index (χ3n) is 2.07. The maximum atomic E-state index is 5.66. The highest BCUT2D eigenvalue weighted by Crippen LogP contribution is 2.16. The fraction of sp³-hybridized carbons (Fsp3) is 0.222. The highest BCUT2D eigenvalue weighted by atomic mass is 15.5. The summed E-state index contributed by atoms with van der Waals surface area (Å²) >= 11 is 0. The highest BCUT2D eigenvalue weighted by Gasteiger charge is 2.05. The van der Waals surface area contributed by atoms with Gasteiger partial charge in [-0.05, 0) is 48.0 Å². The zero-order valence-electron chi connectivity index (χ0n) is 8.10. The van der Waals surface area contributed by atoms with Gasteiger partial charge in [0.05, 0.1) is 5.69 Å². The topological polar surface area (TPSA) is 69.6 Å². The number of aryl methyl sites for hydroxylation is 2. The first kappa shape index (κ1) is 8.68. The molecule has 72 valence electrons. The van der Waals surface area contributed by atoms with Gasteiger partial charge in [0.25, 0.3) is 0 Å². The van der Waals surface area contributed by atoms with Crippen LogP contribution in [0.3, 0.4) is 0 Å². The van der Waals surface area contributed by atoms with Gasteiger partial charge in [0.2, 0.25) is 0 Å². The van der Waals surface area contributed by atoms with Crippen molar-refractivity contribution in [2.45, 2.75) is 13.8 Å². The Morgan fingerprint density at radius 2 is 2.07 bits per heavy atom. The van der Waals surface area contributed by atoms with E-state index in [0.29, 0.717) is 0 Å². The van der Waals surface area contributed by atoms with Gasteiger partial charge < -0.3 is 5.73 Å². The molecule has 1 heterocycles. The van der Waals surface area contributed by atoms with Crippen LogP contribution in [0.15, 0.2) is 18.2 Å². The Kier molecular flexibility index (Phi) is 1.92. The molecule has 0 aliphatic carbocycles. The van der Waals surface area contributed by atoms with Gasteiger partial charge in [-0.1, -0.05) is 0 Å². The number of nitrogens with two attached hydrogens (primary N) is 1. The largest absolute Gasteiger partial charge is 0.399 e. The second-order valence-electron chi connectivity index (χ2n) is 3.18. The summed E-state index contributed by atoms with van der Waals surface area (Å²) in [6, 6.07) is 5.65. The molecule has 0 aliphatic heterocycles. The molecule has 0 unspecified atom stereocenters. The molecule has 1 aromatic heterocycles. The number of nitrogens with zero attached hydrogens (tertiary/aromatic N) is 4. The third kappa shape index (κ3) is 1.32. The number of benzene rings is 1. The molecule has 0 atom stereocenters. The molecule has 0 aliphatic rings. The lowest BCUT2D eigenvalue weighted by atomic mass is 10.2. The van der Waals surface area contributed by atoms with Crippen molar-refractivity contribution in [3.8, 4) is 5.69 Å². The molecule has 14 heavy (non-hydrogen) atoms. The fourth-order valence-corrected chi connectivity index (χ4v) is 1.37. The van der Waals surface area contributed by atoms with Gasteiger partial charge in [-0.3, -0.25) is 0 Å². The molecule has 2 aromatic rings. The van der Waals surface area contributed by atoms with Crippen molar-refractivity contribution in [3.63, 3.8) is 0 Å². The van der Waals surface area contributed by atoms with Crippen LogP contribution >= 0.6 is 0 Å². The first-order valence-corrected chi connectivity index (χ1v) is 4.30. The Morgan fingerprint density at radius 1 is 1.29 bits per heavy atom. The molecule has 0 amide bonds. The summed E-state index contributed by atoms with van der Waals surface area (Å²) in [5.41, 5.74) is 8.42. The van der Waals surface area contributed by atoms with E-state index >= 15 is 0 Å². The monoisotopic (exact) mass is 189 g/mol. The van der Waals surface area contributed by atoms with Gasteiger partial charge in [0.15, 0.2) is 5.82 Å². The summed E-state index contributed by atoms with van der Waals surface area (Å²) < 4.78 is 1.69. The van der Waals surface area contributed by atoms with E-state index in [-0.39, 0.29) is 0 Å². The average Bonchev–Trinajstić information content (AvgIpc) is 2.52. The van der Waals surface area contributed by atoms with Crippen LogP contribution in [-0.4, -0.2) is 20.2 Å². The molecule has 1 aromatic carbocycles. The normalized spacial score (nSPS) is 10.4. The SMILES string of the molecule is Cc1cc(N)ccc1-n1nnnc1C. The van der Waals surface area contributed by atoms with Crippen LogP contribution in [0, 0.1) is 13.8 Å². The van der Waals surface area contributed by atoms with E-state index in [2.05, 4.69) is 15.5 Å². The fourth-order valence-electron chi connectivity index (χ4n) is 1.37. The van der Waals surface area contributed by atoms with Gasteiger partial charge in [-0.2, -0.15) is 4.68 Å². The number of tetrazole rings is 1. The summed E-state index contributed by atoms with van der Waals surface area (Å²) in [5.74, 6) is 0.762. The summed E-state index contributed by atoms with van der Waals surface area (Å²) in [6.45, 7) is 3.84. The highest BCUT2D eigenvalue weighted by molar-refractivity contribution is 5.50. The van der Waals surface area contributed by atoms with E-state index in [0.717, 1.165) is 22.8 Å². The lowest BCUT2D eigenvalue weighted by Gasteiger charge is -2.06. The van der Waals surface area contributed by atoms with Crippen LogP contribution in [0.1, 0.15) is 11.4 Å². The minimum absolute atomic E-state index is 0.747. The number of hydrogen-bond donors (Lipinski definition) is 1. The van der Waals surface area contributed by atoms with E-state index in [9.17, 15) is 0 Å². The number of aromatic nitrogens is 4. The van der Waals surface area contributed by atoms with Gasteiger partial charge in [0.1, 0.15) is 0 Å². The van der Waals surface area contributed by atoms with Gasteiger partial charge in [0, 0.05) is 5.69 Å². The minimum atomic E-state index is 0.747. The van der Waals surface area contributed by atoms with Crippen molar-refractivity contribution in [1.82, 2.24) is 20.2 Å². The van der Waals surface area contributed by atoms with E-state index in [4.69, 9.17) is 5.73 Å². The van der Waals surface area contributed by atoms with E-state index in [1.165, 1.54) is 0 Å². The van der Waals surface area contributed by atoms with Crippen LogP contribution in [0.4, 0.5) is 5.69 Å². The quantitative estimate of drug-likeness (QED) is 0.675. The summed E-state index contributed by atoms with van der Waals surface area (Å²) in [6.07, 6.45) is 0. The lowest BCUT2D eigenvalue weighted by Crippen LogP contribution is -2.02. The summed E-state index contributed by atoms with van der Waals surface area (Å²) in [5, 5.41) is 11.3. The Balaban J connectivity index is 2.58. The molecule has 0 saturated heterocycles. The van der Waals surface area contributed by atoms with Gasteiger partial charge in [-0.15, -0.1) is 5.10 Å². The van der Waals surface area contributed by atoms with E-state index < -0.39 is 0 Å². The molecule has 0 spiro atoms. The zero-order chi connectivity index (χ0) is 10.1. The molecule has 2 N–H and O–H groups in total. The molecule has 5 heteroatoms. The minimum Gasteiger partial charge on any atom is -0.399 e. The maximum absolute atomic E-state index is 5.66. The second kappa shape index (κ2) is 3.10. The van der Waals surface area contributed by atoms with Gasteiger partial charge >= 0.3 is 0 Å². The van der Waals surface area contributed by atoms with Crippen LogP contribution in [0.25, 0.3) is 5.69 Å². The number of nitrogen functional groups attached to an aromatic ring is 1.